The van der Waals surface area contributed by atoms with E-state index in [1.807, 2.05) is 24.4 Å². The van der Waals surface area contributed by atoms with Crippen LogP contribution in [0.4, 0.5) is 0 Å². The van der Waals surface area contributed by atoms with Gasteiger partial charge in [0.05, 0.1) is 0 Å². The number of carbonyl (C=O) groups excluding carboxylic acids is 2. The lowest BCUT2D eigenvalue weighted by atomic mass is 10.1. The molecule has 0 radical (unpaired) electrons. The molecule has 0 aliphatic carbocycles. The minimum absolute atomic E-state index is 0.208. The summed E-state index contributed by atoms with van der Waals surface area (Å²) in [7, 11) is 0. The molecule has 6 nitrogen and oxygen atoms in total. The average molecular weight is 364 g/mol. The molecule has 2 aromatic heterocycles. The Morgan fingerprint density at radius 3 is 2.74 bits per heavy atom. The lowest BCUT2D eigenvalue weighted by Gasteiger charge is -2.07. The normalized spacial score (nSPS) is 10.7. The van der Waals surface area contributed by atoms with E-state index in [1.165, 1.54) is 17.6 Å². The molecule has 0 saturated carbocycles. The quantitative estimate of drug-likeness (QED) is 0.537. The fourth-order valence-electron chi connectivity index (χ4n) is 2.92. The zero-order chi connectivity index (χ0) is 19.1. The molecule has 3 N–H and O–H groups in total. The lowest BCUT2D eigenvalue weighted by Crippen LogP contribution is -2.28. The smallest absolute Gasteiger partial charge is 0.269 e. The number of amides is 2. The highest BCUT2D eigenvalue weighted by atomic mass is 16.2. The van der Waals surface area contributed by atoms with E-state index in [4.69, 9.17) is 0 Å². The molecule has 2 amide bonds. The van der Waals surface area contributed by atoms with Crippen LogP contribution in [0.1, 0.15) is 46.2 Å². The van der Waals surface area contributed by atoms with Crippen molar-refractivity contribution in [3.8, 4) is 0 Å². The number of aromatic amines is 1. The summed E-state index contributed by atoms with van der Waals surface area (Å²) in [5.74, 6) is -0.461. The zero-order valence-corrected chi connectivity index (χ0v) is 15.4. The summed E-state index contributed by atoms with van der Waals surface area (Å²) in [5.41, 5.74) is 2.95. The van der Waals surface area contributed by atoms with Crippen LogP contribution >= 0.6 is 0 Å². The van der Waals surface area contributed by atoms with E-state index in [0.717, 1.165) is 30.3 Å². The van der Waals surface area contributed by atoms with Crippen molar-refractivity contribution in [1.29, 1.82) is 0 Å². The standard InChI is InChI=1S/C21H24N4O2/c1-2-3-10-23-21(27)19-13-15(8-11-22-19)20(26)24-12-9-16-14-25-18-7-5-4-6-17(16)18/h4-8,11,13-14,25H,2-3,9-10,12H2,1H3,(H,23,27)(H,24,26). The maximum absolute atomic E-state index is 12.4. The van der Waals surface area contributed by atoms with E-state index < -0.39 is 0 Å². The molecular weight excluding hydrogens is 340 g/mol. The number of H-pyrrole nitrogens is 1. The van der Waals surface area contributed by atoms with Gasteiger partial charge >= 0.3 is 0 Å². The van der Waals surface area contributed by atoms with Crippen LogP contribution in [0, 0.1) is 0 Å². The number of nitrogens with zero attached hydrogens (tertiary/aromatic N) is 1. The average Bonchev–Trinajstić information content (AvgIpc) is 3.11. The summed E-state index contributed by atoms with van der Waals surface area (Å²) in [6.45, 7) is 3.19. The van der Waals surface area contributed by atoms with Gasteiger partial charge in [0, 0.05) is 41.9 Å². The fourth-order valence-corrected chi connectivity index (χ4v) is 2.92. The number of unbranched alkanes of at least 4 members (excludes halogenated alkanes) is 1. The summed E-state index contributed by atoms with van der Waals surface area (Å²) < 4.78 is 0. The molecule has 0 aliphatic rings. The number of para-hydroxylation sites is 1. The lowest BCUT2D eigenvalue weighted by molar-refractivity contribution is 0.0948. The van der Waals surface area contributed by atoms with Gasteiger partial charge in [-0.3, -0.25) is 14.6 Å². The third-order valence-corrected chi connectivity index (χ3v) is 4.43. The highest BCUT2D eigenvalue weighted by Crippen LogP contribution is 2.17. The second-order valence-electron chi connectivity index (χ2n) is 6.40. The number of fused-ring (bicyclic) bond motifs is 1. The van der Waals surface area contributed by atoms with E-state index >= 15 is 0 Å². The van der Waals surface area contributed by atoms with Crippen molar-refractivity contribution in [1.82, 2.24) is 20.6 Å². The van der Waals surface area contributed by atoms with Gasteiger partial charge in [0.25, 0.3) is 11.8 Å². The van der Waals surface area contributed by atoms with Gasteiger partial charge in [0.15, 0.2) is 0 Å². The van der Waals surface area contributed by atoms with E-state index in [1.54, 1.807) is 6.07 Å². The Hall–Kier alpha value is -3.15. The molecule has 0 spiro atoms. The molecule has 140 valence electrons. The molecule has 2 heterocycles. The number of benzene rings is 1. The van der Waals surface area contributed by atoms with Crippen molar-refractivity contribution in [2.24, 2.45) is 0 Å². The first-order valence-corrected chi connectivity index (χ1v) is 9.26. The maximum Gasteiger partial charge on any atom is 0.269 e. The van der Waals surface area contributed by atoms with E-state index in [0.29, 0.717) is 18.7 Å². The van der Waals surface area contributed by atoms with Gasteiger partial charge in [-0.05, 0) is 36.6 Å². The number of rotatable bonds is 8. The highest BCUT2D eigenvalue weighted by molar-refractivity contribution is 5.98. The number of aromatic nitrogens is 2. The van der Waals surface area contributed by atoms with E-state index in [-0.39, 0.29) is 17.5 Å². The minimum Gasteiger partial charge on any atom is -0.361 e. The summed E-state index contributed by atoms with van der Waals surface area (Å²) in [4.78, 5) is 31.8. The molecule has 0 aliphatic heterocycles. The fraction of sp³-hybridized carbons (Fsp3) is 0.286. The Labute approximate surface area is 158 Å². The third kappa shape index (κ3) is 4.73. The van der Waals surface area contributed by atoms with Crippen LogP contribution in [0.3, 0.4) is 0 Å². The summed E-state index contributed by atoms with van der Waals surface area (Å²) in [6, 6.07) is 11.2. The molecule has 27 heavy (non-hydrogen) atoms. The Kier molecular flexibility index (Phi) is 6.20. The molecule has 3 aromatic rings. The van der Waals surface area contributed by atoms with Crippen LogP contribution < -0.4 is 10.6 Å². The van der Waals surface area contributed by atoms with Crippen LogP contribution in [0.5, 0.6) is 0 Å². The van der Waals surface area contributed by atoms with Crippen molar-refractivity contribution < 1.29 is 9.59 Å². The second kappa shape index (κ2) is 8.98. The van der Waals surface area contributed by atoms with Crippen LogP contribution in [0.2, 0.25) is 0 Å². The Morgan fingerprint density at radius 1 is 1.07 bits per heavy atom. The van der Waals surface area contributed by atoms with Gasteiger partial charge in [0.1, 0.15) is 5.69 Å². The summed E-state index contributed by atoms with van der Waals surface area (Å²) in [6.07, 6.45) is 6.11. The molecule has 6 heteroatoms. The van der Waals surface area contributed by atoms with Gasteiger partial charge in [-0.1, -0.05) is 31.5 Å². The van der Waals surface area contributed by atoms with Crippen LogP contribution in [0.15, 0.2) is 48.8 Å². The van der Waals surface area contributed by atoms with Crippen molar-refractivity contribution in [2.75, 3.05) is 13.1 Å². The number of nitrogens with one attached hydrogen (secondary N) is 3. The highest BCUT2D eigenvalue weighted by Gasteiger charge is 2.11. The first kappa shape index (κ1) is 18.6. The van der Waals surface area contributed by atoms with Crippen molar-refractivity contribution in [2.45, 2.75) is 26.2 Å². The van der Waals surface area contributed by atoms with Gasteiger partial charge < -0.3 is 15.6 Å². The summed E-state index contributed by atoms with van der Waals surface area (Å²) >= 11 is 0. The van der Waals surface area contributed by atoms with Crippen molar-refractivity contribution >= 4 is 22.7 Å². The zero-order valence-electron chi connectivity index (χ0n) is 15.4. The Morgan fingerprint density at radius 2 is 1.89 bits per heavy atom. The van der Waals surface area contributed by atoms with Gasteiger partial charge in [-0.2, -0.15) is 0 Å². The molecule has 0 unspecified atom stereocenters. The first-order chi connectivity index (χ1) is 13.2. The molecular formula is C21H24N4O2. The van der Waals surface area contributed by atoms with Crippen LogP contribution in [-0.2, 0) is 6.42 Å². The Balaban J connectivity index is 1.56. The predicted molar refractivity (Wildman–Crippen MR) is 106 cm³/mol. The van der Waals surface area contributed by atoms with Gasteiger partial charge in [-0.15, -0.1) is 0 Å². The van der Waals surface area contributed by atoms with E-state index in [9.17, 15) is 9.59 Å². The monoisotopic (exact) mass is 364 g/mol. The molecule has 3 rings (SSSR count). The molecule has 1 aromatic carbocycles. The molecule has 0 atom stereocenters. The predicted octanol–water partition coefficient (Wildman–Crippen LogP) is 3.07. The number of hydrogen-bond acceptors (Lipinski definition) is 3. The van der Waals surface area contributed by atoms with Crippen molar-refractivity contribution in [3.05, 3.63) is 65.6 Å². The number of pyridine rings is 1. The number of carbonyl (C=O) groups is 2. The van der Waals surface area contributed by atoms with E-state index in [2.05, 4.69) is 33.6 Å². The van der Waals surface area contributed by atoms with Crippen LogP contribution in [-0.4, -0.2) is 34.9 Å². The second-order valence-corrected chi connectivity index (χ2v) is 6.40. The summed E-state index contributed by atoms with van der Waals surface area (Å²) in [5, 5.41) is 6.88. The largest absolute Gasteiger partial charge is 0.361 e. The van der Waals surface area contributed by atoms with Crippen LogP contribution in [0.25, 0.3) is 10.9 Å². The SMILES string of the molecule is CCCCNC(=O)c1cc(C(=O)NCCc2c[nH]c3ccccc23)ccn1. The topological polar surface area (TPSA) is 86.9 Å². The number of hydrogen-bond donors (Lipinski definition) is 3. The molecule has 0 saturated heterocycles. The molecule has 0 fully saturated rings. The third-order valence-electron chi connectivity index (χ3n) is 4.43. The molecule has 0 bridgehead atoms. The van der Waals surface area contributed by atoms with Gasteiger partial charge in [0.2, 0.25) is 0 Å². The first-order valence-electron chi connectivity index (χ1n) is 9.26. The van der Waals surface area contributed by atoms with Gasteiger partial charge in [-0.25, -0.2) is 0 Å². The Bertz CT molecular complexity index is 933. The maximum atomic E-state index is 12.4. The van der Waals surface area contributed by atoms with Crippen molar-refractivity contribution in [3.63, 3.8) is 0 Å². The minimum atomic E-state index is -0.253.